The van der Waals surface area contributed by atoms with Crippen LogP contribution in [0.25, 0.3) is 89.3 Å². The fraction of sp³-hybridized carbons (Fsp3) is 0.0189. The SMILES string of the molecule is Cc1cc(-c2ccc(F)cc2-c2ccc(-c3ccc(F)cc3)nc2)cc(-c2ccccc2-c2cnc(-c3ccccc3)cc2-c2ccc(-c3ccccc3)cc2)c1. The molecule has 4 heteroatoms. The smallest absolute Gasteiger partial charge is 0.123 e. The highest BCUT2D eigenvalue weighted by Crippen LogP contribution is 2.42. The zero-order chi connectivity index (χ0) is 38.7. The molecule has 0 radical (unpaired) electrons. The molecule has 0 aliphatic rings. The Bertz CT molecular complexity index is 2830. The van der Waals surface area contributed by atoms with E-state index in [-0.39, 0.29) is 11.6 Å². The van der Waals surface area contributed by atoms with Gasteiger partial charge in [-0.25, -0.2) is 8.78 Å². The van der Waals surface area contributed by atoms with Crippen molar-refractivity contribution in [2.24, 2.45) is 0 Å². The summed E-state index contributed by atoms with van der Waals surface area (Å²) >= 11 is 0. The topological polar surface area (TPSA) is 25.8 Å². The molecule has 0 atom stereocenters. The van der Waals surface area contributed by atoms with E-state index in [0.29, 0.717) is 5.69 Å². The highest BCUT2D eigenvalue weighted by Gasteiger charge is 2.18. The summed E-state index contributed by atoms with van der Waals surface area (Å²) in [6, 6.07) is 61.6. The summed E-state index contributed by atoms with van der Waals surface area (Å²) < 4.78 is 28.5. The Morgan fingerprint density at radius 3 is 1.49 bits per heavy atom. The molecule has 0 aliphatic heterocycles. The Hall–Kier alpha value is -7.30. The lowest BCUT2D eigenvalue weighted by Crippen LogP contribution is -1.94. The van der Waals surface area contributed by atoms with Gasteiger partial charge in [0.1, 0.15) is 11.6 Å². The number of benzene rings is 7. The molecule has 0 spiro atoms. The maximum absolute atomic E-state index is 15.0. The van der Waals surface area contributed by atoms with E-state index in [1.54, 1.807) is 24.4 Å². The van der Waals surface area contributed by atoms with Gasteiger partial charge in [-0.2, -0.15) is 0 Å². The van der Waals surface area contributed by atoms with Crippen molar-refractivity contribution >= 4 is 0 Å². The van der Waals surface area contributed by atoms with E-state index in [9.17, 15) is 8.78 Å². The molecule has 2 nitrogen and oxygen atoms in total. The van der Waals surface area contributed by atoms with Crippen LogP contribution in [-0.4, -0.2) is 9.97 Å². The highest BCUT2D eigenvalue weighted by atomic mass is 19.1. The predicted octanol–water partition coefficient (Wildman–Crippen LogP) is 14.4. The van der Waals surface area contributed by atoms with Crippen LogP contribution in [0.5, 0.6) is 0 Å². The molecule has 0 N–H and O–H groups in total. The van der Waals surface area contributed by atoms with Crippen molar-refractivity contribution in [1.29, 1.82) is 0 Å². The van der Waals surface area contributed by atoms with E-state index in [0.717, 1.165) is 83.6 Å². The molecule has 0 saturated heterocycles. The summed E-state index contributed by atoms with van der Waals surface area (Å²) in [5.74, 6) is -0.628. The van der Waals surface area contributed by atoms with Crippen LogP contribution < -0.4 is 0 Å². The fourth-order valence-corrected chi connectivity index (χ4v) is 7.56. The Morgan fingerprint density at radius 1 is 0.298 bits per heavy atom. The molecule has 2 heterocycles. The van der Waals surface area contributed by atoms with Crippen molar-refractivity contribution < 1.29 is 8.78 Å². The highest BCUT2D eigenvalue weighted by molar-refractivity contribution is 5.94. The monoisotopic (exact) mass is 738 g/mol. The molecular formula is C53H36F2N2. The van der Waals surface area contributed by atoms with E-state index >= 15 is 0 Å². The average Bonchev–Trinajstić information content (AvgIpc) is 3.27. The number of nitrogens with zero attached hydrogens (tertiary/aromatic N) is 2. The summed E-state index contributed by atoms with van der Waals surface area (Å²) in [5, 5.41) is 0. The number of hydrogen-bond donors (Lipinski definition) is 0. The van der Waals surface area contributed by atoms with Gasteiger partial charge in [0.05, 0.1) is 11.4 Å². The van der Waals surface area contributed by atoms with Crippen LogP contribution in [-0.2, 0) is 0 Å². The molecule has 57 heavy (non-hydrogen) atoms. The summed E-state index contributed by atoms with van der Waals surface area (Å²) in [4.78, 5) is 9.69. The first-order chi connectivity index (χ1) is 28.0. The Kier molecular flexibility index (Phi) is 9.59. The van der Waals surface area contributed by atoms with Gasteiger partial charge in [-0.15, -0.1) is 0 Å². The Morgan fingerprint density at radius 2 is 0.807 bits per heavy atom. The maximum Gasteiger partial charge on any atom is 0.123 e. The molecule has 9 rings (SSSR count). The van der Waals surface area contributed by atoms with E-state index < -0.39 is 0 Å². The van der Waals surface area contributed by atoms with Crippen LogP contribution in [0.4, 0.5) is 8.78 Å². The van der Waals surface area contributed by atoms with Gasteiger partial charge in [-0.05, 0) is 123 Å². The molecule has 272 valence electrons. The van der Waals surface area contributed by atoms with Gasteiger partial charge in [0, 0.05) is 34.6 Å². The van der Waals surface area contributed by atoms with Crippen LogP contribution in [0.15, 0.2) is 200 Å². The fourth-order valence-electron chi connectivity index (χ4n) is 7.56. The second-order valence-electron chi connectivity index (χ2n) is 14.2. The minimum absolute atomic E-state index is 0.299. The average molecular weight is 739 g/mol. The van der Waals surface area contributed by atoms with Crippen LogP contribution in [0, 0.1) is 18.6 Å². The molecule has 7 aromatic carbocycles. The second kappa shape index (κ2) is 15.4. The van der Waals surface area contributed by atoms with Crippen molar-refractivity contribution in [3.63, 3.8) is 0 Å². The number of hydrogen-bond acceptors (Lipinski definition) is 2. The van der Waals surface area contributed by atoms with E-state index in [1.807, 2.05) is 48.7 Å². The van der Waals surface area contributed by atoms with Crippen molar-refractivity contribution in [3.05, 3.63) is 218 Å². The lowest BCUT2D eigenvalue weighted by Gasteiger charge is -2.18. The third-order valence-corrected chi connectivity index (χ3v) is 10.4. The Balaban J connectivity index is 1.14. The normalized spacial score (nSPS) is 11.1. The maximum atomic E-state index is 15.0. The lowest BCUT2D eigenvalue weighted by molar-refractivity contribution is 0.628. The third-order valence-electron chi connectivity index (χ3n) is 10.4. The summed E-state index contributed by atoms with van der Waals surface area (Å²) in [6.07, 6.45) is 3.75. The van der Waals surface area contributed by atoms with Gasteiger partial charge < -0.3 is 0 Å². The van der Waals surface area contributed by atoms with E-state index in [4.69, 9.17) is 4.98 Å². The number of halogens is 2. The lowest BCUT2D eigenvalue weighted by atomic mass is 9.87. The first-order valence-electron chi connectivity index (χ1n) is 18.9. The van der Waals surface area contributed by atoms with E-state index in [2.05, 4.69) is 121 Å². The molecule has 0 saturated carbocycles. The number of aromatic nitrogens is 2. The minimum atomic E-state index is -0.328. The van der Waals surface area contributed by atoms with Crippen molar-refractivity contribution in [3.8, 4) is 89.3 Å². The largest absolute Gasteiger partial charge is 0.256 e. The molecule has 0 amide bonds. The van der Waals surface area contributed by atoms with Crippen LogP contribution >= 0.6 is 0 Å². The van der Waals surface area contributed by atoms with Gasteiger partial charge in [0.2, 0.25) is 0 Å². The molecule has 9 aromatic rings. The van der Waals surface area contributed by atoms with Crippen molar-refractivity contribution in [1.82, 2.24) is 9.97 Å². The third kappa shape index (κ3) is 7.41. The number of rotatable bonds is 8. The predicted molar refractivity (Wildman–Crippen MR) is 230 cm³/mol. The zero-order valence-electron chi connectivity index (χ0n) is 31.2. The van der Waals surface area contributed by atoms with Crippen molar-refractivity contribution in [2.75, 3.05) is 0 Å². The molecule has 0 unspecified atom stereocenters. The summed E-state index contributed by atoms with van der Waals surface area (Å²) in [7, 11) is 0. The van der Waals surface area contributed by atoms with Crippen LogP contribution in [0.1, 0.15) is 5.56 Å². The molecule has 2 aromatic heterocycles. The van der Waals surface area contributed by atoms with Gasteiger partial charge >= 0.3 is 0 Å². The first kappa shape index (κ1) is 35.4. The number of pyridine rings is 2. The molecule has 0 bridgehead atoms. The van der Waals surface area contributed by atoms with Gasteiger partial charge in [0.25, 0.3) is 0 Å². The first-order valence-corrected chi connectivity index (χ1v) is 18.9. The summed E-state index contributed by atoms with van der Waals surface area (Å²) in [5.41, 5.74) is 16.6. The molecule has 0 fully saturated rings. The van der Waals surface area contributed by atoms with Gasteiger partial charge in [-0.1, -0.05) is 133 Å². The quantitative estimate of drug-likeness (QED) is 0.155. The zero-order valence-corrected chi connectivity index (χ0v) is 31.2. The van der Waals surface area contributed by atoms with E-state index in [1.165, 1.54) is 23.8 Å². The second-order valence-corrected chi connectivity index (χ2v) is 14.2. The molecular weight excluding hydrogens is 703 g/mol. The van der Waals surface area contributed by atoms with Gasteiger partial charge in [0.15, 0.2) is 0 Å². The molecule has 0 aliphatic carbocycles. The van der Waals surface area contributed by atoms with Gasteiger partial charge in [-0.3, -0.25) is 9.97 Å². The standard InChI is InChI=1S/C53H36F2N2/c1-35-28-42(30-43(29-35)47-26-25-45(55)31-49(47)41-22-27-52(56-33-41)40-20-23-44(54)24-21-40)46-14-8-9-15-48(46)51-34-57-53(39-12-6-3-7-13-39)32-50(51)38-18-16-37(17-19-38)36-10-4-2-5-11-36/h2-34H,1H3. The summed E-state index contributed by atoms with van der Waals surface area (Å²) in [6.45, 7) is 2.09. The van der Waals surface area contributed by atoms with Crippen molar-refractivity contribution in [2.45, 2.75) is 6.92 Å². The van der Waals surface area contributed by atoms with Crippen LogP contribution in [0.2, 0.25) is 0 Å². The minimum Gasteiger partial charge on any atom is -0.256 e. The number of aryl methyl sites for hydroxylation is 1. The van der Waals surface area contributed by atoms with Crippen LogP contribution in [0.3, 0.4) is 0 Å². The Labute approximate surface area is 331 Å².